The molecule has 0 saturated heterocycles. The number of ether oxygens (including phenoxy) is 1. The molecule has 4 nitrogen and oxygen atoms in total. The summed E-state index contributed by atoms with van der Waals surface area (Å²) < 4.78 is 18.3. The van der Waals surface area contributed by atoms with Crippen molar-refractivity contribution in [1.82, 2.24) is 4.98 Å². The number of hydrogen-bond acceptors (Lipinski definition) is 4. The lowest BCUT2D eigenvalue weighted by Gasteiger charge is -2.24. The van der Waals surface area contributed by atoms with Crippen LogP contribution in [-0.4, -0.2) is 29.1 Å². The molecule has 1 aromatic heterocycles. The number of anilines is 1. The van der Waals surface area contributed by atoms with Gasteiger partial charge in [0.25, 0.3) is 0 Å². The van der Waals surface area contributed by atoms with Crippen LogP contribution in [0.1, 0.15) is 23.8 Å². The number of nitrogens with zero attached hydrogens (tertiary/aromatic N) is 2. The minimum absolute atomic E-state index is 0.0697. The Morgan fingerprint density at radius 1 is 1.29 bits per heavy atom. The number of esters is 1. The fourth-order valence-electron chi connectivity index (χ4n) is 2.04. The lowest BCUT2D eigenvalue weighted by atomic mass is 10.2. The lowest BCUT2D eigenvalue weighted by molar-refractivity contribution is 0.0557. The average Bonchev–Trinajstić information content (AvgIpc) is 2.58. The molecular weight excluding hydrogens is 351 g/mol. The second-order valence-electron chi connectivity index (χ2n) is 4.94. The number of thiocarbonyl (C=S) groups is 1. The van der Waals surface area contributed by atoms with E-state index in [-0.39, 0.29) is 23.3 Å². The van der Waals surface area contributed by atoms with E-state index >= 15 is 0 Å². The van der Waals surface area contributed by atoms with Crippen molar-refractivity contribution in [2.45, 2.75) is 13.3 Å². The van der Waals surface area contributed by atoms with E-state index in [1.54, 1.807) is 24.3 Å². The molecule has 1 aromatic carbocycles. The smallest absolute Gasteiger partial charge is 0.357 e. The van der Waals surface area contributed by atoms with Gasteiger partial charge in [-0.05, 0) is 42.8 Å². The first-order chi connectivity index (χ1) is 11.5. The zero-order chi connectivity index (χ0) is 17.5. The standard InChI is InChI=1S/C17H16ClFN2O2S/c1-2-10-21(13-8-6-12(19)7-9-13)16(24)11-23-17(22)14-4-3-5-15(18)20-14/h3-9H,2,10-11H2,1H3. The maximum Gasteiger partial charge on any atom is 0.357 e. The lowest BCUT2D eigenvalue weighted by Crippen LogP contribution is -2.34. The molecule has 0 fully saturated rings. The molecule has 0 aliphatic rings. The third-order valence-corrected chi connectivity index (χ3v) is 3.69. The number of halogens is 2. The van der Waals surface area contributed by atoms with Crippen LogP contribution in [0, 0.1) is 5.82 Å². The summed E-state index contributed by atoms with van der Waals surface area (Å²) in [6.45, 7) is 2.57. The third kappa shape index (κ3) is 4.97. The predicted octanol–water partition coefficient (Wildman–Crippen LogP) is 4.27. The van der Waals surface area contributed by atoms with Gasteiger partial charge in [-0.25, -0.2) is 14.2 Å². The second kappa shape index (κ2) is 8.70. The van der Waals surface area contributed by atoms with Crippen LogP contribution >= 0.6 is 23.8 Å². The van der Waals surface area contributed by atoms with Gasteiger partial charge in [-0.2, -0.15) is 0 Å². The minimum atomic E-state index is -0.601. The molecule has 0 N–H and O–H groups in total. The Kier molecular flexibility index (Phi) is 6.63. The fourth-order valence-corrected chi connectivity index (χ4v) is 2.46. The highest BCUT2D eigenvalue weighted by atomic mass is 35.5. The summed E-state index contributed by atoms with van der Waals surface area (Å²) in [4.78, 5) is 18.1. The molecule has 2 aromatic rings. The maximum atomic E-state index is 13.1. The van der Waals surface area contributed by atoms with Crippen LogP contribution in [0.4, 0.5) is 10.1 Å². The van der Waals surface area contributed by atoms with Gasteiger partial charge >= 0.3 is 5.97 Å². The molecule has 0 radical (unpaired) electrons. The molecular formula is C17H16ClFN2O2S. The Morgan fingerprint density at radius 3 is 2.62 bits per heavy atom. The van der Waals surface area contributed by atoms with Gasteiger partial charge in [0.05, 0.1) is 0 Å². The molecule has 0 atom stereocenters. The molecule has 0 unspecified atom stereocenters. The van der Waals surface area contributed by atoms with E-state index in [1.165, 1.54) is 18.2 Å². The van der Waals surface area contributed by atoms with Crippen LogP contribution in [-0.2, 0) is 4.74 Å². The summed E-state index contributed by atoms with van der Waals surface area (Å²) in [5.41, 5.74) is 0.870. The highest BCUT2D eigenvalue weighted by Gasteiger charge is 2.15. The van der Waals surface area contributed by atoms with Crippen molar-refractivity contribution in [1.29, 1.82) is 0 Å². The Hall–Kier alpha value is -2.05. The van der Waals surface area contributed by atoms with E-state index < -0.39 is 5.97 Å². The van der Waals surface area contributed by atoms with E-state index in [1.807, 2.05) is 11.8 Å². The number of carbonyl (C=O) groups excluding carboxylic acids is 1. The normalized spacial score (nSPS) is 10.3. The first-order valence-electron chi connectivity index (χ1n) is 7.37. The highest BCUT2D eigenvalue weighted by molar-refractivity contribution is 7.80. The molecule has 0 aliphatic carbocycles. The zero-order valence-electron chi connectivity index (χ0n) is 13.0. The van der Waals surface area contributed by atoms with E-state index in [4.69, 9.17) is 28.6 Å². The van der Waals surface area contributed by atoms with Crippen molar-refractivity contribution in [2.75, 3.05) is 18.1 Å². The molecule has 0 aliphatic heterocycles. The SMILES string of the molecule is CCCN(C(=S)COC(=O)c1cccc(Cl)n1)c1ccc(F)cc1. The first kappa shape index (κ1) is 18.3. The Bertz CT molecular complexity index is 725. The van der Waals surface area contributed by atoms with Gasteiger partial charge in [0.15, 0.2) is 0 Å². The Labute approximate surface area is 150 Å². The van der Waals surface area contributed by atoms with Crippen LogP contribution in [0.25, 0.3) is 0 Å². The highest BCUT2D eigenvalue weighted by Crippen LogP contribution is 2.16. The van der Waals surface area contributed by atoms with E-state index in [0.717, 1.165) is 12.1 Å². The predicted molar refractivity (Wildman–Crippen MR) is 96.2 cm³/mol. The van der Waals surface area contributed by atoms with Crippen molar-refractivity contribution < 1.29 is 13.9 Å². The summed E-state index contributed by atoms with van der Waals surface area (Å²) in [5.74, 6) is -0.921. The minimum Gasteiger partial charge on any atom is -0.454 e. The van der Waals surface area contributed by atoms with E-state index in [0.29, 0.717) is 11.5 Å². The molecule has 2 rings (SSSR count). The number of aromatic nitrogens is 1. The van der Waals surface area contributed by atoms with Crippen LogP contribution in [0.3, 0.4) is 0 Å². The summed E-state index contributed by atoms with van der Waals surface area (Å²) in [5, 5.41) is 0.214. The molecule has 24 heavy (non-hydrogen) atoms. The van der Waals surface area contributed by atoms with Gasteiger partial charge in [-0.3, -0.25) is 0 Å². The van der Waals surface area contributed by atoms with Crippen molar-refractivity contribution in [3.63, 3.8) is 0 Å². The van der Waals surface area contributed by atoms with Crippen molar-refractivity contribution in [3.8, 4) is 0 Å². The maximum absolute atomic E-state index is 13.1. The van der Waals surface area contributed by atoms with Crippen molar-refractivity contribution in [3.05, 3.63) is 59.1 Å². The molecule has 126 valence electrons. The summed E-state index contributed by atoms with van der Waals surface area (Å²) in [6, 6.07) is 10.7. The zero-order valence-corrected chi connectivity index (χ0v) is 14.6. The van der Waals surface area contributed by atoms with Gasteiger partial charge < -0.3 is 9.64 Å². The van der Waals surface area contributed by atoms with Gasteiger partial charge in [0.2, 0.25) is 0 Å². The van der Waals surface area contributed by atoms with Gasteiger partial charge in [-0.1, -0.05) is 36.8 Å². The van der Waals surface area contributed by atoms with Crippen LogP contribution in [0.2, 0.25) is 5.15 Å². The van der Waals surface area contributed by atoms with Crippen LogP contribution in [0.5, 0.6) is 0 Å². The van der Waals surface area contributed by atoms with Crippen LogP contribution in [0.15, 0.2) is 42.5 Å². The van der Waals surface area contributed by atoms with E-state index in [2.05, 4.69) is 4.98 Å². The van der Waals surface area contributed by atoms with Gasteiger partial charge in [0, 0.05) is 12.2 Å². The quantitative estimate of drug-likeness (QED) is 0.434. The fraction of sp³-hybridized carbons (Fsp3) is 0.235. The van der Waals surface area contributed by atoms with E-state index in [9.17, 15) is 9.18 Å². The molecule has 0 spiro atoms. The third-order valence-electron chi connectivity index (χ3n) is 3.14. The first-order valence-corrected chi connectivity index (χ1v) is 8.15. The number of carbonyl (C=O) groups is 1. The Morgan fingerprint density at radius 2 is 2.00 bits per heavy atom. The molecule has 0 bridgehead atoms. The monoisotopic (exact) mass is 366 g/mol. The molecule has 0 saturated carbocycles. The van der Waals surface area contributed by atoms with Crippen molar-refractivity contribution in [2.24, 2.45) is 0 Å². The van der Waals surface area contributed by atoms with Crippen LogP contribution < -0.4 is 4.90 Å². The van der Waals surface area contributed by atoms with Gasteiger partial charge in [-0.15, -0.1) is 0 Å². The average molecular weight is 367 g/mol. The number of hydrogen-bond donors (Lipinski definition) is 0. The Balaban J connectivity index is 2.02. The number of benzene rings is 1. The second-order valence-corrected chi connectivity index (χ2v) is 5.80. The molecule has 7 heteroatoms. The summed E-state index contributed by atoms with van der Waals surface area (Å²) >= 11 is 11.1. The van der Waals surface area contributed by atoms with Gasteiger partial charge in [0.1, 0.15) is 28.3 Å². The van der Waals surface area contributed by atoms with Crippen molar-refractivity contribution >= 4 is 40.5 Å². The summed E-state index contributed by atoms with van der Waals surface area (Å²) in [6.07, 6.45) is 0.835. The molecule has 0 amide bonds. The largest absolute Gasteiger partial charge is 0.454 e. The number of rotatable bonds is 6. The number of pyridine rings is 1. The summed E-state index contributed by atoms with van der Waals surface area (Å²) in [7, 11) is 0. The molecule has 1 heterocycles. The topological polar surface area (TPSA) is 42.4 Å².